The fourth-order valence-corrected chi connectivity index (χ4v) is 0.848. The van der Waals surface area contributed by atoms with Crippen molar-refractivity contribution < 1.29 is 27.2 Å². The highest BCUT2D eigenvalue weighted by Crippen LogP contribution is 2.19. The molecule has 0 N–H and O–H groups in total. The monoisotopic (exact) mass is 238 g/mol. The molecule has 5 nitrogen and oxygen atoms in total. The van der Waals surface area contributed by atoms with Gasteiger partial charge >= 0.3 is 6.18 Å². The quantitative estimate of drug-likeness (QED) is 0.794. The number of methoxy groups -OCH3 is 1. The summed E-state index contributed by atoms with van der Waals surface area (Å²) < 4.78 is 45.0. The number of carbonyl (C=O) groups is 1. The minimum atomic E-state index is -4.89. The van der Waals surface area contributed by atoms with E-state index in [0.717, 1.165) is 0 Å². The summed E-state index contributed by atoms with van der Waals surface area (Å²) in [6.45, 7) is 1.60. The molecule has 0 bridgehead atoms. The van der Waals surface area contributed by atoms with E-state index in [-0.39, 0.29) is 11.7 Å². The maximum Gasteiger partial charge on any atom is 0.450 e. The van der Waals surface area contributed by atoms with Crippen molar-refractivity contribution in [3.05, 3.63) is 11.7 Å². The molecule has 90 valence electrons. The summed E-state index contributed by atoms with van der Waals surface area (Å²) in [6, 6.07) is 0. The van der Waals surface area contributed by atoms with Crippen molar-refractivity contribution in [1.82, 2.24) is 10.1 Å². The molecule has 0 radical (unpaired) electrons. The summed E-state index contributed by atoms with van der Waals surface area (Å²) in [7, 11) is 1.39. The second-order valence-electron chi connectivity index (χ2n) is 3.02. The Kier molecular flexibility index (Phi) is 3.63. The molecule has 0 saturated heterocycles. The molecule has 0 spiro atoms. The number of carbonyl (C=O) groups excluding carboxylic acids is 1. The zero-order valence-electron chi connectivity index (χ0n) is 8.54. The zero-order valence-corrected chi connectivity index (χ0v) is 8.54. The molecule has 1 aromatic rings. The Morgan fingerprint density at radius 1 is 1.56 bits per heavy atom. The maximum atomic E-state index is 11.9. The van der Waals surface area contributed by atoms with Gasteiger partial charge in [-0.1, -0.05) is 5.16 Å². The van der Waals surface area contributed by atoms with E-state index < -0.39 is 24.5 Å². The van der Waals surface area contributed by atoms with Crippen molar-refractivity contribution in [3.63, 3.8) is 0 Å². The third-order valence-corrected chi connectivity index (χ3v) is 1.83. The molecule has 1 atom stereocenters. The molecule has 0 aliphatic heterocycles. The minimum absolute atomic E-state index is 0.104. The van der Waals surface area contributed by atoms with Gasteiger partial charge in [0.1, 0.15) is 6.10 Å². The fraction of sp³-hybridized carbons (Fsp3) is 0.625. The second kappa shape index (κ2) is 4.60. The lowest BCUT2D eigenvalue weighted by Crippen LogP contribution is -2.24. The molecule has 0 aliphatic carbocycles. The number of alkyl halides is 3. The number of ketones is 1. The van der Waals surface area contributed by atoms with Gasteiger partial charge in [-0.05, 0) is 6.92 Å². The van der Waals surface area contributed by atoms with Crippen LogP contribution < -0.4 is 0 Å². The smallest absolute Gasteiger partial charge is 0.374 e. The molecule has 1 aromatic heterocycles. The van der Waals surface area contributed by atoms with Crippen LogP contribution in [-0.2, 0) is 16.0 Å². The van der Waals surface area contributed by atoms with Crippen LogP contribution in [-0.4, -0.2) is 29.2 Å². The van der Waals surface area contributed by atoms with Gasteiger partial charge in [0.05, 0.1) is 6.42 Å². The van der Waals surface area contributed by atoms with E-state index in [1.54, 1.807) is 6.92 Å². The lowest BCUT2D eigenvalue weighted by molar-refractivity contribution is -0.170. The number of Topliss-reactive ketones (excluding diaryl/α,β-unsaturated/α-hetero) is 1. The zero-order chi connectivity index (χ0) is 12.3. The van der Waals surface area contributed by atoms with Crippen LogP contribution in [0.1, 0.15) is 24.7 Å². The van der Waals surface area contributed by atoms with Gasteiger partial charge in [0.2, 0.25) is 11.7 Å². The highest BCUT2D eigenvalue weighted by Gasteiger charge is 2.39. The van der Waals surface area contributed by atoms with E-state index in [2.05, 4.69) is 14.7 Å². The van der Waals surface area contributed by atoms with Gasteiger partial charge in [-0.25, -0.2) is 0 Å². The number of ether oxygens (including phenoxy) is 1. The van der Waals surface area contributed by atoms with Crippen LogP contribution in [0.15, 0.2) is 4.52 Å². The lowest BCUT2D eigenvalue weighted by atomic mass is 10.3. The SMILES string of the molecule is COC(C)c1noc(CC(=O)C(F)(F)F)n1. The Morgan fingerprint density at radius 2 is 2.19 bits per heavy atom. The molecule has 0 aliphatic rings. The molecule has 8 heteroatoms. The van der Waals surface area contributed by atoms with Gasteiger partial charge < -0.3 is 9.26 Å². The number of halogens is 3. The fourth-order valence-electron chi connectivity index (χ4n) is 0.848. The first-order chi connectivity index (χ1) is 7.34. The van der Waals surface area contributed by atoms with Gasteiger partial charge in [0.15, 0.2) is 5.82 Å². The number of rotatable bonds is 4. The van der Waals surface area contributed by atoms with Crippen LogP contribution in [0.2, 0.25) is 0 Å². The third kappa shape index (κ3) is 3.02. The van der Waals surface area contributed by atoms with Crippen LogP contribution in [0.25, 0.3) is 0 Å². The van der Waals surface area contributed by atoms with Crippen LogP contribution in [0.4, 0.5) is 13.2 Å². The van der Waals surface area contributed by atoms with Crippen molar-refractivity contribution in [3.8, 4) is 0 Å². The minimum Gasteiger partial charge on any atom is -0.374 e. The predicted molar refractivity (Wildman–Crippen MR) is 44.5 cm³/mol. The normalized spacial score (nSPS) is 13.8. The van der Waals surface area contributed by atoms with Gasteiger partial charge in [-0.2, -0.15) is 18.2 Å². The first-order valence-electron chi connectivity index (χ1n) is 4.30. The Morgan fingerprint density at radius 3 is 2.69 bits per heavy atom. The Labute approximate surface area is 88.6 Å². The molecule has 0 aromatic carbocycles. The van der Waals surface area contributed by atoms with E-state index in [9.17, 15) is 18.0 Å². The summed E-state index contributed by atoms with van der Waals surface area (Å²) >= 11 is 0. The number of nitrogens with zero attached hydrogens (tertiary/aromatic N) is 2. The van der Waals surface area contributed by atoms with Gasteiger partial charge in [-0.3, -0.25) is 4.79 Å². The van der Waals surface area contributed by atoms with E-state index in [1.165, 1.54) is 7.11 Å². The Balaban J connectivity index is 2.69. The van der Waals surface area contributed by atoms with Gasteiger partial charge in [-0.15, -0.1) is 0 Å². The number of hydrogen-bond donors (Lipinski definition) is 0. The number of hydrogen-bond acceptors (Lipinski definition) is 5. The Hall–Kier alpha value is -1.44. The number of aromatic nitrogens is 2. The maximum absolute atomic E-state index is 11.9. The van der Waals surface area contributed by atoms with Crippen molar-refractivity contribution in [2.24, 2.45) is 0 Å². The molecule has 1 heterocycles. The molecular formula is C8H9F3N2O3. The molecule has 1 rings (SSSR count). The summed E-state index contributed by atoms with van der Waals surface area (Å²) in [5.74, 6) is -2.19. The molecule has 0 saturated carbocycles. The van der Waals surface area contributed by atoms with Crippen LogP contribution in [0.3, 0.4) is 0 Å². The van der Waals surface area contributed by atoms with Crippen LogP contribution in [0.5, 0.6) is 0 Å². The van der Waals surface area contributed by atoms with Crippen LogP contribution in [0, 0.1) is 0 Å². The summed E-state index contributed by atoms with van der Waals surface area (Å²) in [6.07, 6.45) is -6.34. The Bertz CT molecular complexity index is 375. The first kappa shape index (κ1) is 12.6. The van der Waals surface area contributed by atoms with E-state index >= 15 is 0 Å². The third-order valence-electron chi connectivity index (χ3n) is 1.83. The molecule has 0 amide bonds. The van der Waals surface area contributed by atoms with Crippen molar-refractivity contribution in [1.29, 1.82) is 0 Å². The van der Waals surface area contributed by atoms with E-state index in [0.29, 0.717) is 0 Å². The van der Waals surface area contributed by atoms with Crippen molar-refractivity contribution >= 4 is 5.78 Å². The largest absolute Gasteiger partial charge is 0.450 e. The van der Waals surface area contributed by atoms with Gasteiger partial charge in [0.25, 0.3) is 0 Å². The average molecular weight is 238 g/mol. The molecule has 1 unspecified atom stereocenters. The van der Waals surface area contributed by atoms with E-state index in [1.807, 2.05) is 0 Å². The lowest BCUT2D eigenvalue weighted by Gasteiger charge is -2.02. The van der Waals surface area contributed by atoms with Crippen LogP contribution >= 0.6 is 0 Å². The molecule has 16 heavy (non-hydrogen) atoms. The van der Waals surface area contributed by atoms with E-state index in [4.69, 9.17) is 4.74 Å². The molecular weight excluding hydrogens is 229 g/mol. The summed E-state index contributed by atoms with van der Waals surface area (Å²) in [5, 5.41) is 3.39. The predicted octanol–water partition coefficient (Wildman–Crippen LogP) is 1.45. The van der Waals surface area contributed by atoms with Crippen molar-refractivity contribution in [2.45, 2.75) is 25.6 Å². The standard InChI is InChI=1S/C8H9F3N2O3/c1-4(15-2)7-12-6(16-13-7)3-5(14)8(9,10)11/h4H,3H2,1-2H3. The highest BCUT2D eigenvalue weighted by molar-refractivity contribution is 5.85. The van der Waals surface area contributed by atoms with Gasteiger partial charge in [0, 0.05) is 7.11 Å². The summed E-state index contributed by atoms with van der Waals surface area (Å²) in [4.78, 5) is 14.2. The molecule has 0 fully saturated rings. The second-order valence-corrected chi connectivity index (χ2v) is 3.02. The highest BCUT2D eigenvalue weighted by atomic mass is 19.4. The topological polar surface area (TPSA) is 65.2 Å². The summed E-state index contributed by atoms with van der Waals surface area (Å²) in [5.41, 5.74) is 0. The average Bonchev–Trinajstić information content (AvgIpc) is 2.63. The first-order valence-corrected chi connectivity index (χ1v) is 4.30. The van der Waals surface area contributed by atoms with Crippen molar-refractivity contribution in [2.75, 3.05) is 7.11 Å².